The lowest BCUT2D eigenvalue weighted by molar-refractivity contribution is -0.138. The molecule has 0 saturated carbocycles. The van der Waals surface area contributed by atoms with Crippen molar-refractivity contribution in [3.8, 4) is 17.0 Å². The van der Waals surface area contributed by atoms with Crippen molar-refractivity contribution in [2.45, 2.75) is 12.8 Å². The van der Waals surface area contributed by atoms with Gasteiger partial charge in [-0.3, -0.25) is 9.59 Å². The number of hydrogen-bond acceptors (Lipinski definition) is 7. The number of ether oxygens (including phenoxy) is 1. The number of carboxylic acids is 1. The van der Waals surface area contributed by atoms with E-state index in [2.05, 4.69) is 10.3 Å². The van der Waals surface area contributed by atoms with E-state index >= 15 is 0 Å². The predicted octanol–water partition coefficient (Wildman–Crippen LogP) is 2.73. The van der Waals surface area contributed by atoms with Crippen LogP contribution in [0.2, 0.25) is 0 Å². The molecule has 2 N–H and O–H groups in total. The second kappa shape index (κ2) is 7.36. The van der Waals surface area contributed by atoms with Crippen molar-refractivity contribution >= 4 is 39.3 Å². The summed E-state index contributed by atoms with van der Waals surface area (Å²) in [6.07, 6.45) is -0.414. The predicted molar refractivity (Wildman–Crippen MR) is 95.6 cm³/mol. The van der Waals surface area contributed by atoms with Crippen molar-refractivity contribution in [3.05, 3.63) is 40.1 Å². The van der Waals surface area contributed by atoms with Crippen LogP contribution in [0.25, 0.3) is 22.2 Å². The van der Waals surface area contributed by atoms with Crippen molar-refractivity contribution in [2.75, 3.05) is 12.4 Å². The summed E-state index contributed by atoms with van der Waals surface area (Å²) in [6, 6.07) is 6.90. The standard InChI is InChI=1S/C17H14N2O6S/c1-24-12-4-2-3-9-7-10(16(23)25-15(9)12)11-8-26-17(18-11)19-13(20)5-6-14(21)22/h2-4,7-8H,5-6H2,1H3,(H,21,22)(H,18,19,20). The van der Waals surface area contributed by atoms with Gasteiger partial charge in [0.25, 0.3) is 0 Å². The van der Waals surface area contributed by atoms with Gasteiger partial charge in [0.15, 0.2) is 16.5 Å². The van der Waals surface area contributed by atoms with E-state index in [0.717, 1.165) is 11.3 Å². The number of para-hydroxylation sites is 1. The third-order valence-corrected chi connectivity index (χ3v) is 4.29. The van der Waals surface area contributed by atoms with E-state index in [-0.39, 0.29) is 23.5 Å². The number of thiazole rings is 1. The van der Waals surface area contributed by atoms with E-state index in [0.29, 0.717) is 22.4 Å². The summed E-state index contributed by atoms with van der Waals surface area (Å²) in [4.78, 5) is 38.7. The quantitative estimate of drug-likeness (QED) is 0.637. The number of amides is 1. The molecule has 0 aliphatic heterocycles. The van der Waals surface area contributed by atoms with Crippen molar-refractivity contribution in [3.63, 3.8) is 0 Å². The first kappa shape index (κ1) is 17.6. The second-order valence-electron chi connectivity index (χ2n) is 5.31. The smallest absolute Gasteiger partial charge is 0.345 e. The fourth-order valence-corrected chi connectivity index (χ4v) is 3.04. The van der Waals surface area contributed by atoms with E-state index < -0.39 is 17.5 Å². The maximum Gasteiger partial charge on any atom is 0.345 e. The summed E-state index contributed by atoms with van der Waals surface area (Å²) in [6.45, 7) is 0. The van der Waals surface area contributed by atoms with Crippen LogP contribution in [0.15, 0.2) is 38.9 Å². The van der Waals surface area contributed by atoms with Gasteiger partial charge in [0.2, 0.25) is 5.91 Å². The Kier molecular flexibility index (Phi) is 4.99. The molecule has 0 unspecified atom stereocenters. The van der Waals surface area contributed by atoms with E-state index in [1.165, 1.54) is 7.11 Å². The van der Waals surface area contributed by atoms with E-state index in [1.807, 2.05) is 0 Å². The molecule has 0 atom stereocenters. The molecule has 2 heterocycles. The molecule has 0 bridgehead atoms. The van der Waals surface area contributed by atoms with Gasteiger partial charge in [0.1, 0.15) is 0 Å². The lowest BCUT2D eigenvalue weighted by Gasteiger charge is -2.04. The van der Waals surface area contributed by atoms with Gasteiger partial charge in [0, 0.05) is 17.2 Å². The minimum atomic E-state index is -1.05. The number of nitrogens with zero attached hydrogens (tertiary/aromatic N) is 1. The number of nitrogens with one attached hydrogen (secondary N) is 1. The number of fused-ring (bicyclic) bond motifs is 1. The molecule has 0 spiro atoms. The molecule has 0 aliphatic rings. The van der Waals surface area contributed by atoms with Crippen LogP contribution >= 0.6 is 11.3 Å². The molecule has 2 aromatic heterocycles. The fraction of sp³-hybridized carbons (Fsp3) is 0.176. The van der Waals surface area contributed by atoms with Gasteiger partial charge >= 0.3 is 11.6 Å². The van der Waals surface area contributed by atoms with Crippen molar-refractivity contribution < 1.29 is 23.8 Å². The molecule has 3 aromatic rings. The number of carboxylic acid groups (broad SMARTS) is 1. The highest BCUT2D eigenvalue weighted by molar-refractivity contribution is 7.14. The third kappa shape index (κ3) is 3.72. The minimum absolute atomic E-state index is 0.151. The maximum absolute atomic E-state index is 12.3. The average molecular weight is 374 g/mol. The molecular formula is C17H14N2O6S. The molecular weight excluding hydrogens is 360 g/mol. The fourth-order valence-electron chi connectivity index (χ4n) is 2.31. The summed E-state index contributed by atoms with van der Waals surface area (Å²) in [5.41, 5.74) is 0.396. The van der Waals surface area contributed by atoms with E-state index in [4.69, 9.17) is 14.3 Å². The number of aromatic nitrogens is 1. The summed E-state index contributed by atoms with van der Waals surface area (Å²) in [7, 11) is 1.49. The molecule has 8 nitrogen and oxygen atoms in total. The van der Waals surface area contributed by atoms with Crippen molar-refractivity contribution in [1.82, 2.24) is 4.98 Å². The number of carbonyl (C=O) groups is 2. The molecule has 9 heteroatoms. The van der Waals surface area contributed by atoms with Crippen LogP contribution in [0.5, 0.6) is 5.75 Å². The highest BCUT2D eigenvalue weighted by Gasteiger charge is 2.15. The van der Waals surface area contributed by atoms with Crippen LogP contribution in [-0.4, -0.2) is 29.1 Å². The molecule has 0 saturated heterocycles. The molecule has 1 amide bonds. The van der Waals surface area contributed by atoms with Gasteiger partial charge in [-0.2, -0.15) is 0 Å². The van der Waals surface area contributed by atoms with Gasteiger partial charge in [0.05, 0.1) is 24.8 Å². The Labute approximate surface area is 151 Å². The lowest BCUT2D eigenvalue weighted by atomic mass is 10.1. The normalized spacial score (nSPS) is 10.7. The Morgan fingerprint density at radius 3 is 2.88 bits per heavy atom. The Hall–Kier alpha value is -3.20. The summed E-state index contributed by atoms with van der Waals surface area (Å²) >= 11 is 1.13. The molecule has 0 fully saturated rings. The van der Waals surface area contributed by atoms with Crippen LogP contribution in [-0.2, 0) is 9.59 Å². The number of carbonyl (C=O) groups excluding carboxylic acids is 1. The Bertz CT molecular complexity index is 1040. The monoisotopic (exact) mass is 374 g/mol. The number of benzene rings is 1. The Balaban J connectivity index is 1.87. The van der Waals surface area contributed by atoms with Gasteiger partial charge in [-0.25, -0.2) is 9.78 Å². The van der Waals surface area contributed by atoms with Crippen LogP contribution in [0.4, 0.5) is 5.13 Å². The van der Waals surface area contributed by atoms with Crippen LogP contribution in [0, 0.1) is 0 Å². The zero-order valence-corrected chi connectivity index (χ0v) is 14.5. The average Bonchev–Trinajstić information content (AvgIpc) is 3.07. The molecule has 0 aliphatic carbocycles. The van der Waals surface area contributed by atoms with E-state index in [1.54, 1.807) is 29.6 Å². The second-order valence-corrected chi connectivity index (χ2v) is 6.16. The number of rotatable bonds is 6. The molecule has 26 heavy (non-hydrogen) atoms. The number of aliphatic carboxylic acids is 1. The first-order valence-corrected chi connectivity index (χ1v) is 8.44. The lowest BCUT2D eigenvalue weighted by Crippen LogP contribution is -2.13. The van der Waals surface area contributed by atoms with Gasteiger partial charge in [-0.05, 0) is 12.1 Å². The topological polar surface area (TPSA) is 119 Å². The van der Waals surface area contributed by atoms with E-state index in [9.17, 15) is 14.4 Å². The molecule has 1 aromatic carbocycles. The Morgan fingerprint density at radius 2 is 2.15 bits per heavy atom. The highest BCUT2D eigenvalue weighted by atomic mass is 32.1. The number of methoxy groups -OCH3 is 1. The zero-order chi connectivity index (χ0) is 18.7. The third-order valence-electron chi connectivity index (χ3n) is 3.54. The first-order chi connectivity index (χ1) is 12.5. The largest absolute Gasteiger partial charge is 0.493 e. The summed E-state index contributed by atoms with van der Waals surface area (Å²) < 4.78 is 10.5. The zero-order valence-electron chi connectivity index (χ0n) is 13.6. The van der Waals surface area contributed by atoms with Crippen LogP contribution < -0.4 is 15.7 Å². The number of anilines is 1. The van der Waals surface area contributed by atoms with Crippen LogP contribution in [0.3, 0.4) is 0 Å². The van der Waals surface area contributed by atoms with Crippen LogP contribution in [0.1, 0.15) is 12.8 Å². The van der Waals surface area contributed by atoms with Gasteiger partial charge in [-0.1, -0.05) is 12.1 Å². The summed E-state index contributed by atoms with van der Waals surface area (Å²) in [5, 5.41) is 13.7. The molecule has 3 rings (SSSR count). The maximum atomic E-state index is 12.3. The SMILES string of the molecule is COc1cccc2cc(-c3csc(NC(=O)CCC(=O)O)n3)c(=O)oc12. The van der Waals surface area contributed by atoms with Crippen molar-refractivity contribution in [1.29, 1.82) is 0 Å². The minimum Gasteiger partial charge on any atom is -0.493 e. The Morgan fingerprint density at radius 1 is 1.35 bits per heavy atom. The highest BCUT2D eigenvalue weighted by Crippen LogP contribution is 2.29. The molecule has 0 radical (unpaired) electrons. The van der Waals surface area contributed by atoms with Gasteiger partial charge < -0.3 is 19.6 Å². The van der Waals surface area contributed by atoms with Gasteiger partial charge in [-0.15, -0.1) is 11.3 Å². The first-order valence-electron chi connectivity index (χ1n) is 7.56. The number of hydrogen-bond donors (Lipinski definition) is 2. The molecule has 134 valence electrons. The van der Waals surface area contributed by atoms with Crippen molar-refractivity contribution in [2.24, 2.45) is 0 Å². The summed E-state index contributed by atoms with van der Waals surface area (Å²) in [5.74, 6) is -1.05.